The maximum atomic E-state index is 13.1. The van der Waals surface area contributed by atoms with Crippen LogP contribution in [0.5, 0.6) is 5.75 Å². The summed E-state index contributed by atoms with van der Waals surface area (Å²) in [5, 5.41) is 2.81. The maximum absolute atomic E-state index is 13.1. The molecule has 7 amide bonds. The van der Waals surface area contributed by atoms with Crippen LogP contribution in [0.25, 0.3) is 64.8 Å². The molecular weight excluding hydrogens is 1640 g/mol. The summed E-state index contributed by atoms with van der Waals surface area (Å²) in [6, 6.07) is 4.99. The molecule has 9 aromatic heterocycles. The molecule has 18 rings (SSSR count). The van der Waals surface area contributed by atoms with Gasteiger partial charge in [0, 0.05) is 216 Å². The van der Waals surface area contributed by atoms with Crippen LogP contribution in [0, 0.1) is 0 Å². The number of imide groups is 2. The first-order valence-electron chi connectivity index (χ1n) is 41.1. The molecule has 0 radical (unpaired) electrons. The number of rotatable bonds is 19. The highest BCUT2D eigenvalue weighted by molar-refractivity contribution is 7.20. The van der Waals surface area contributed by atoms with E-state index in [4.69, 9.17) is 66.1 Å². The Labute approximate surface area is 717 Å². The second-order valence-corrected chi connectivity index (χ2v) is 34.5. The Morgan fingerprint density at radius 1 is 0.447 bits per heavy atom. The van der Waals surface area contributed by atoms with Gasteiger partial charge in [0.2, 0.25) is 59.2 Å². The van der Waals surface area contributed by atoms with Gasteiger partial charge in [-0.2, -0.15) is 0 Å². The molecule has 646 valence electrons. The van der Waals surface area contributed by atoms with E-state index in [1.165, 1.54) is 13.8 Å². The normalized spacial score (nSPS) is 19.0. The van der Waals surface area contributed by atoms with Crippen LogP contribution in [0.4, 0.5) is 41.0 Å². The monoisotopic (exact) mass is 1740 g/mol. The number of nitrogens with zero attached hydrogens (tertiary/aromatic N) is 23. The highest BCUT2D eigenvalue weighted by Crippen LogP contribution is 2.40. The van der Waals surface area contributed by atoms with Crippen LogP contribution in [-0.4, -0.2) is 323 Å². The second kappa shape index (κ2) is 37.6. The number of anilines is 7. The van der Waals surface area contributed by atoms with Crippen LogP contribution in [0.1, 0.15) is 68.0 Å². The van der Waals surface area contributed by atoms with E-state index in [1.54, 1.807) is 99.7 Å². The van der Waals surface area contributed by atoms with Gasteiger partial charge in [0.15, 0.2) is 40.7 Å². The molecular formula is C80H95N27O13S3. The summed E-state index contributed by atoms with van der Waals surface area (Å²) in [5.41, 5.74) is 20.5. The smallest absolute Gasteiger partial charge is 0.272 e. The average Bonchev–Trinajstić information content (AvgIpc) is 1.34. The number of carbonyl (C=O) groups is 7. The fourth-order valence-electron chi connectivity index (χ4n) is 16.1. The van der Waals surface area contributed by atoms with Crippen molar-refractivity contribution in [2.45, 2.75) is 91.2 Å². The largest absolute Gasteiger partial charge is 0.485 e. The summed E-state index contributed by atoms with van der Waals surface area (Å²) in [5.74, 6) is 3.25. The summed E-state index contributed by atoms with van der Waals surface area (Å²) in [7, 11) is 0. The van der Waals surface area contributed by atoms with Crippen molar-refractivity contribution in [1.29, 1.82) is 0 Å². The summed E-state index contributed by atoms with van der Waals surface area (Å²) in [6.45, 7) is 24.3. The fraction of sp³-hybridized carbons (Fsp3) is 0.487. The van der Waals surface area contributed by atoms with Crippen LogP contribution < -0.4 is 52.8 Å². The van der Waals surface area contributed by atoms with Gasteiger partial charge < -0.3 is 70.9 Å². The van der Waals surface area contributed by atoms with Crippen molar-refractivity contribution >= 4 is 147 Å². The molecule has 0 saturated carbocycles. The SMILES string of the molecule is CC(=O)N1C(=O)CC[C@@H]1C(=O)N1CCN(Cc2cc3nc(-c4cnc(N)nc4)nc(N4CCOCC4)c3s2)CC1.CC(=O)N1C(=O)CC[C@H]1C(=O)N1CCN(Cc2cc3nc(-c4cnc(N)nc4)nc(N4CCOCC4)c3s2)CC1.CC(C)Oc1c(NCC(=O)N2CCN(Cc3cc4nc(-c5cnc(N)nc5)nc(N5CCOCC5)c4s3)CC2)c(=O)c1=O. The molecule has 2 atom stereocenters. The number of ether oxygens (including phenoxy) is 4. The molecule has 8 fully saturated rings. The Kier molecular flexibility index (Phi) is 25.9. The van der Waals surface area contributed by atoms with Crippen LogP contribution in [0.15, 0.2) is 65.0 Å². The van der Waals surface area contributed by atoms with Crippen molar-refractivity contribution in [3.05, 3.63) is 90.5 Å². The van der Waals surface area contributed by atoms with E-state index in [0.29, 0.717) is 165 Å². The van der Waals surface area contributed by atoms with Crippen molar-refractivity contribution in [2.24, 2.45) is 0 Å². The van der Waals surface area contributed by atoms with Gasteiger partial charge in [0.1, 0.15) is 17.8 Å². The van der Waals surface area contributed by atoms with Gasteiger partial charge in [0.05, 0.1) is 99.6 Å². The minimum Gasteiger partial charge on any atom is -0.485 e. The highest BCUT2D eigenvalue weighted by atomic mass is 32.1. The number of likely N-dealkylation sites (tertiary alicyclic amines) is 2. The number of nitrogen functional groups attached to an aromatic ring is 3. The molecule has 7 N–H and O–H groups in total. The summed E-state index contributed by atoms with van der Waals surface area (Å²) in [4.78, 5) is 189. The third kappa shape index (κ3) is 19.2. The van der Waals surface area contributed by atoms with Gasteiger partial charge in [-0.05, 0) is 44.9 Å². The number of piperazine rings is 3. The number of aromatic nitrogens is 12. The number of thiophene rings is 3. The van der Waals surface area contributed by atoms with Crippen LogP contribution >= 0.6 is 34.0 Å². The molecule has 17 heterocycles. The van der Waals surface area contributed by atoms with Gasteiger partial charge >= 0.3 is 0 Å². The van der Waals surface area contributed by atoms with Gasteiger partial charge in [-0.25, -0.2) is 59.8 Å². The maximum Gasteiger partial charge on any atom is 0.272 e. The van der Waals surface area contributed by atoms with Gasteiger partial charge in [-0.1, -0.05) is 0 Å². The van der Waals surface area contributed by atoms with Crippen molar-refractivity contribution in [3.8, 4) is 39.9 Å². The average molecular weight is 1740 g/mol. The van der Waals surface area contributed by atoms with E-state index >= 15 is 0 Å². The zero-order valence-corrected chi connectivity index (χ0v) is 71.1. The molecule has 0 spiro atoms. The van der Waals surface area contributed by atoms with Crippen LogP contribution in [0.3, 0.4) is 0 Å². The van der Waals surface area contributed by atoms with Crippen molar-refractivity contribution in [1.82, 2.24) is 99.0 Å². The van der Waals surface area contributed by atoms with Crippen molar-refractivity contribution < 1.29 is 52.5 Å². The lowest BCUT2D eigenvalue weighted by Crippen LogP contribution is -2.54. The van der Waals surface area contributed by atoms with E-state index in [1.807, 2.05) is 0 Å². The lowest BCUT2D eigenvalue weighted by atomic mass is 10.1. The van der Waals surface area contributed by atoms with Gasteiger partial charge in [-0.15, -0.1) is 34.0 Å². The summed E-state index contributed by atoms with van der Waals surface area (Å²) < 4.78 is 25.2. The molecule has 0 aliphatic carbocycles. The Morgan fingerprint density at radius 2 is 0.764 bits per heavy atom. The molecule has 0 bridgehead atoms. The second-order valence-electron chi connectivity index (χ2n) is 31.1. The number of morpholine rings is 3. The lowest BCUT2D eigenvalue weighted by Gasteiger charge is -2.36. The summed E-state index contributed by atoms with van der Waals surface area (Å²) >= 11 is 5.05. The van der Waals surface area contributed by atoms with E-state index in [-0.39, 0.29) is 96.1 Å². The quantitative estimate of drug-likeness (QED) is 0.0843. The molecule has 0 unspecified atom stereocenters. The Hall–Kier alpha value is -11.7. The number of fused-ring (bicyclic) bond motifs is 3. The van der Waals surface area contributed by atoms with E-state index in [2.05, 4.69) is 82.8 Å². The minimum absolute atomic E-state index is 0.0105. The van der Waals surface area contributed by atoms with Crippen LogP contribution in [0.2, 0.25) is 0 Å². The molecule has 8 aliphatic rings. The third-order valence-electron chi connectivity index (χ3n) is 22.5. The predicted octanol–water partition coefficient (Wildman–Crippen LogP) is 2.20. The predicted molar refractivity (Wildman–Crippen MR) is 460 cm³/mol. The minimum atomic E-state index is -0.669. The first-order chi connectivity index (χ1) is 59.5. The molecule has 1 aromatic carbocycles. The van der Waals surface area contributed by atoms with Crippen molar-refractivity contribution in [3.63, 3.8) is 0 Å². The molecule has 40 nitrogen and oxygen atoms in total. The van der Waals surface area contributed by atoms with Crippen molar-refractivity contribution in [2.75, 3.05) is 201 Å². The molecule has 8 saturated heterocycles. The molecule has 43 heteroatoms. The van der Waals surface area contributed by atoms with Gasteiger partial charge in [-0.3, -0.25) is 67.7 Å². The van der Waals surface area contributed by atoms with E-state index < -0.39 is 22.9 Å². The van der Waals surface area contributed by atoms with E-state index in [0.717, 1.165) is 131 Å². The number of nitrogens with two attached hydrogens (primary N) is 3. The fourth-order valence-corrected chi connectivity index (χ4v) is 19.6. The standard InChI is InChI=1S/C28H33N9O5S.2C26H31N9O4S/c1-16(2)42-24-21(22(39)23(24)40)30-14-20(38)36-5-3-35(4-6-36)15-18-11-19-25(43-18)27(37-7-9-41-10-8-37)34-26(33-19)17-12-31-28(29)32-13-17;2*1-16(36)35-20(2-3-21(35)37)25(38)34-6-4-32(5-7-34)15-18-12-19-22(40-18)24(33-8-10-39-11-9-33)31-23(30-19)17-13-28-26(27)29-14-17/h11-13,16,30H,3-10,14-15H2,1-2H3,(H2,29,31,32);2*12-14,20H,2-11,15H2,1H3,(H2,27,28,29)/t;2*20-/m.10/s1. The number of hydrogen-bond donors (Lipinski definition) is 4. The first kappa shape index (κ1) is 84.9. The third-order valence-corrected chi connectivity index (χ3v) is 25.8. The Morgan fingerprint density at radius 3 is 1.07 bits per heavy atom. The van der Waals surface area contributed by atoms with Crippen LogP contribution in [-0.2, 0) is 67.4 Å². The number of amides is 7. The number of hydrogen-bond acceptors (Lipinski definition) is 38. The Bertz CT molecular complexity index is 5420. The molecule has 123 heavy (non-hydrogen) atoms. The van der Waals surface area contributed by atoms with E-state index in [9.17, 15) is 43.2 Å². The first-order valence-corrected chi connectivity index (χ1v) is 43.5. The zero-order valence-electron chi connectivity index (χ0n) is 68.6. The zero-order chi connectivity index (χ0) is 85.7. The highest BCUT2D eigenvalue weighted by Gasteiger charge is 2.43. The number of nitrogens with one attached hydrogen (secondary N) is 1. The number of carbonyl (C=O) groups excluding carboxylic acids is 7. The Balaban J connectivity index is 0.000000137. The van der Waals surface area contributed by atoms with Gasteiger partial charge in [0.25, 0.3) is 10.9 Å². The molecule has 10 aromatic rings. The summed E-state index contributed by atoms with van der Waals surface area (Å²) in [6.07, 6.45) is 10.8. The molecule has 8 aliphatic heterocycles. The topological polar surface area (TPSA) is 471 Å². The lowest BCUT2D eigenvalue weighted by molar-refractivity contribution is -0.150.